The Morgan fingerprint density at radius 2 is 2.03 bits per heavy atom. The number of aliphatic hydroxyl groups excluding tert-OH is 2. The minimum atomic E-state index is -4.58. The van der Waals surface area contributed by atoms with Gasteiger partial charge < -0.3 is 26.2 Å². The highest BCUT2D eigenvalue weighted by Gasteiger charge is 2.34. The monoisotopic (exact) mass is 518 g/mol. The van der Waals surface area contributed by atoms with Gasteiger partial charge >= 0.3 is 0 Å². The molecule has 3 rings (SSSR count). The highest BCUT2D eigenvalue weighted by atomic mass is 32.2. The number of benzene rings is 1. The van der Waals surface area contributed by atoms with Gasteiger partial charge in [0.2, 0.25) is 20.0 Å². The Morgan fingerprint density at radius 3 is 2.65 bits per heavy atom. The average Bonchev–Trinajstić information content (AvgIpc) is 3.34. The van der Waals surface area contributed by atoms with Crippen LogP contribution in [-0.2, 0) is 20.0 Å². The van der Waals surface area contributed by atoms with E-state index in [-0.39, 0.29) is 37.3 Å². The maximum absolute atomic E-state index is 13.0. The van der Waals surface area contributed by atoms with Gasteiger partial charge in [0.15, 0.2) is 12.5 Å². The molecule has 0 amide bonds. The SMILES string of the molecule is NC[C@@H](O)CNS(=O)(=O)c1ccc(N2CCC[C@@H](NCCO)C2)c(C2=NCN=N2)c1S(N)(=O)=O. The molecule has 1 saturated heterocycles. The Balaban J connectivity index is 2.15. The summed E-state index contributed by atoms with van der Waals surface area (Å²) in [5, 5.41) is 35.2. The van der Waals surface area contributed by atoms with Crippen molar-refractivity contribution >= 4 is 31.6 Å². The number of nitrogens with one attached hydrogen (secondary N) is 2. The zero-order chi connectivity index (χ0) is 24.9. The fourth-order valence-corrected chi connectivity index (χ4v) is 6.55. The summed E-state index contributed by atoms with van der Waals surface area (Å²) in [4.78, 5) is 4.80. The van der Waals surface area contributed by atoms with E-state index in [1.165, 1.54) is 6.07 Å². The highest BCUT2D eigenvalue weighted by molar-refractivity contribution is 7.92. The Hall–Kier alpha value is -2.05. The summed E-state index contributed by atoms with van der Waals surface area (Å²) in [5.74, 6) is -0.0384. The Kier molecular flexibility index (Phi) is 8.69. The van der Waals surface area contributed by atoms with Crippen LogP contribution < -0.4 is 25.8 Å². The molecule has 0 spiro atoms. The summed E-state index contributed by atoms with van der Waals surface area (Å²) in [5.41, 5.74) is 5.68. The number of hydrogen-bond donors (Lipinski definition) is 6. The minimum Gasteiger partial charge on any atom is -0.395 e. The molecule has 2 atom stereocenters. The van der Waals surface area contributed by atoms with Crippen LogP contribution in [0.2, 0.25) is 0 Å². The van der Waals surface area contributed by atoms with E-state index in [1.54, 1.807) is 0 Å². The predicted molar refractivity (Wildman–Crippen MR) is 125 cm³/mol. The number of nitrogens with two attached hydrogens (primary N) is 2. The molecule has 190 valence electrons. The molecule has 0 saturated carbocycles. The van der Waals surface area contributed by atoms with Crippen LogP contribution in [0.5, 0.6) is 0 Å². The summed E-state index contributed by atoms with van der Waals surface area (Å²) in [6, 6.07) is 2.68. The van der Waals surface area contributed by atoms with Gasteiger partial charge in [-0.3, -0.25) is 0 Å². The van der Waals surface area contributed by atoms with E-state index in [9.17, 15) is 21.9 Å². The predicted octanol–water partition coefficient (Wildman–Crippen LogP) is -2.35. The number of primary sulfonamides is 1. The first-order chi connectivity index (χ1) is 16.1. The molecule has 8 N–H and O–H groups in total. The molecular weight excluding hydrogens is 488 g/mol. The third-order valence-electron chi connectivity index (χ3n) is 5.43. The van der Waals surface area contributed by atoms with Crippen molar-refractivity contribution in [3.05, 3.63) is 17.7 Å². The summed E-state index contributed by atoms with van der Waals surface area (Å²) >= 11 is 0. The molecule has 0 radical (unpaired) electrons. The van der Waals surface area contributed by atoms with E-state index >= 15 is 0 Å². The van der Waals surface area contributed by atoms with Crippen LogP contribution in [-0.4, -0.2) is 91.0 Å². The number of nitrogens with zero attached hydrogens (tertiary/aromatic N) is 4. The van der Waals surface area contributed by atoms with E-state index in [1.807, 2.05) is 4.90 Å². The third kappa shape index (κ3) is 6.14. The standard InChI is InChI=1S/C18H30N8O6S2/c19-8-13(28)9-24-34(31,32)15-4-3-14(26-6-1-2-12(10-26)21-5-7-27)16(17(15)33(20,29)30)18-22-11-23-25-18/h3-4,12-13,21,24,27-28H,1-2,5-11,19H2,(H2,20,29,30)/t12-,13-/m1/s1. The van der Waals surface area contributed by atoms with E-state index in [0.717, 1.165) is 18.9 Å². The number of azo groups is 1. The average molecular weight is 519 g/mol. The molecule has 1 aromatic rings. The van der Waals surface area contributed by atoms with Crippen LogP contribution in [0.15, 0.2) is 37.1 Å². The van der Waals surface area contributed by atoms with E-state index < -0.39 is 42.5 Å². The number of sulfonamides is 2. The number of aliphatic hydroxyl groups is 2. The lowest BCUT2D eigenvalue weighted by atomic mass is 10.0. The summed E-state index contributed by atoms with van der Waals surface area (Å²) in [6.45, 7) is 0.814. The Morgan fingerprint density at radius 1 is 1.26 bits per heavy atom. The molecule has 1 aromatic carbocycles. The van der Waals surface area contributed by atoms with Crippen molar-refractivity contribution in [1.82, 2.24) is 10.0 Å². The summed E-state index contributed by atoms with van der Waals surface area (Å²) < 4.78 is 53.7. The lowest BCUT2D eigenvalue weighted by molar-refractivity contribution is 0.186. The van der Waals surface area contributed by atoms with Gasteiger partial charge in [0.25, 0.3) is 0 Å². The molecule has 2 aliphatic heterocycles. The summed E-state index contributed by atoms with van der Waals surface area (Å²) in [7, 11) is -8.99. The zero-order valence-corrected chi connectivity index (χ0v) is 20.1. The van der Waals surface area contributed by atoms with Gasteiger partial charge in [-0.2, -0.15) is 5.11 Å². The highest BCUT2D eigenvalue weighted by Crippen LogP contribution is 2.35. The molecular formula is C18H30N8O6S2. The smallest absolute Gasteiger partial charge is 0.242 e. The van der Waals surface area contributed by atoms with Gasteiger partial charge in [0, 0.05) is 44.5 Å². The van der Waals surface area contributed by atoms with Crippen LogP contribution in [0.1, 0.15) is 18.4 Å². The first-order valence-corrected chi connectivity index (χ1v) is 13.7. The number of amidine groups is 1. The minimum absolute atomic E-state index is 0.0209. The molecule has 34 heavy (non-hydrogen) atoms. The molecule has 2 aliphatic rings. The quantitative estimate of drug-likeness (QED) is 0.184. The second-order valence-electron chi connectivity index (χ2n) is 7.90. The van der Waals surface area contributed by atoms with Gasteiger partial charge in [-0.25, -0.2) is 31.7 Å². The largest absolute Gasteiger partial charge is 0.395 e. The maximum atomic E-state index is 13.0. The normalized spacial score (nSPS) is 19.9. The van der Waals surface area contributed by atoms with Crippen molar-refractivity contribution < 1.29 is 27.0 Å². The van der Waals surface area contributed by atoms with Gasteiger partial charge in [0.1, 0.15) is 9.79 Å². The van der Waals surface area contributed by atoms with E-state index in [4.69, 9.17) is 16.0 Å². The van der Waals surface area contributed by atoms with Crippen molar-refractivity contribution in [2.45, 2.75) is 34.8 Å². The number of anilines is 1. The van der Waals surface area contributed by atoms with Gasteiger partial charge in [-0.1, -0.05) is 0 Å². The van der Waals surface area contributed by atoms with Crippen LogP contribution in [0.3, 0.4) is 0 Å². The van der Waals surface area contributed by atoms with Crippen LogP contribution in [0.25, 0.3) is 0 Å². The number of aliphatic imine (C=N–C) groups is 1. The Bertz CT molecular complexity index is 1160. The number of rotatable bonds is 11. The third-order valence-corrected chi connectivity index (χ3v) is 8.02. The first-order valence-electron chi connectivity index (χ1n) is 10.7. The van der Waals surface area contributed by atoms with Gasteiger partial charge in [-0.05, 0) is 25.0 Å². The van der Waals surface area contributed by atoms with Gasteiger partial charge in [0.05, 0.1) is 18.3 Å². The van der Waals surface area contributed by atoms with Crippen molar-refractivity contribution in [2.75, 3.05) is 50.9 Å². The lowest BCUT2D eigenvalue weighted by Gasteiger charge is -2.36. The Labute approximate surface area is 198 Å². The fourth-order valence-electron chi connectivity index (χ4n) is 3.88. The van der Waals surface area contributed by atoms with Gasteiger partial charge in [-0.15, -0.1) is 5.11 Å². The summed E-state index contributed by atoms with van der Waals surface area (Å²) in [6.07, 6.45) is 0.477. The second kappa shape index (κ2) is 11.1. The maximum Gasteiger partial charge on any atom is 0.242 e. The number of hydrogen-bond acceptors (Lipinski definition) is 12. The fraction of sp³-hybridized carbons (Fsp3) is 0.611. The molecule has 16 heteroatoms. The zero-order valence-electron chi connectivity index (χ0n) is 18.5. The second-order valence-corrected chi connectivity index (χ2v) is 11.1. The van der Waals surface area contributed by atoms with E-state index in [2.05, 4.69) is 25.3 Å². The van der Waals surface area contributed by atoms with E-state index in [0.29, 0.717) is 25.3 Å². The number of piperidine rings is 1. The molecule has 0 bridgehead atoms. The molecule has 0 aromatic heterocycles. The van der Waals surface area contributed by atoms with Crippen molar-refractivity contribution in [2.24, 2.45) is 26.1 Å². The molecule has 1 fully saturated rings. The first kappa shape index (κ1) is 26.6. The van der Waals surface area contributed by atoms with Crippen LogP contribution in [0.4, 0.5) is 5.69 Å². The topological polar surface area (TPSA) is 225 Å². The van der Waals surface area contributed by atoms with Crippen LogP contribution >= 0.6 is 0 Å². The van der Waals surface area contributed by atoms with Crippen LogP contribution in [0, 0.1) is 0 Å². The van der Waals surface area contributed by atoms with Crippen molar-refractivity contribution in [3.8, 4) is 0 Å². The lowest BCUT2D eigenvalue weighted by Crippen LogP contribution is -2.47. The van der Waals surface area contributed by atoms with Crippen molar-refractivity contribution in [1.29, 1.82) is 0 Å². The van der Waals surface area contributed by atoms with Crippen molar-refractivity contribution in [3.63, 3.8) is 0 Å². The molecule has 2 heterocycles. The molecule has 14 nitrogen and oxygen atoms in total. The molecule has 0 unspecified atom stereocenters. The molecule has 0 aliphatic carbocycles.